The first-order chi connectivity index (χ1) is 19.0. The van der Waals surface area contributed by atoms with E-state index in [1.807, 2.05) is 73.7 Å². The van der Waals surface area contributed by atoms with Crippen molar-refractivity contribution < 1.29 is 14.3 Å². The van der Waals surface area contributed by atoms with Gasteiger partial charge in [0, 0.05) is 22.0 Å². The summed E-state index contributed by atoms with van der Waals surface area (Å²) in [5.41, 5.74) is 3.96. The van der Waals surface area contributed by atoms with E-state index >= 15 is 0 Å². The number of halogens is 1. The van der Waals surface area contributed by atoms with Gasteiger partial charge in [-0.1, -0.05) is 96.7 Å². The molecule has 3 aromatic carbocycles. The number of hydrogen-bond donors (Lipinski definition) is 1. The van der Waals surface area contributed by atoms with Crippen LogP contribution in [0.3, 0.4) is 0 Å². The first kappa shape index (κ1) is 26.6. The Balaban J connectivity index is 1.46. The van der Waals surface area contributed by atoms with Crippen molar-refractivity contribution in [3.63, 3.8) is 0 Å². The fourth-order valence-electron chi connectivity index (χ4n) is 4.25. The van der Waals surface area contributed by atoms with Crippen molar-refractivity contribution in [1.29, 1.82) is 0 Å². The van der Waals surface area contributed by atoms with E-state index < -0.39 is 12.0 Å². The minimum absolute atomic E-state index is 0.103. The Morgan fingerprint density at radius 2 is 1.92 bits per heavy atom. The van der Waals surface area contributed by atoms with Crippen LogP contribution < -0.4 is 10.1 Å². The van der Waals surface area contributed by atoms with Crippen molar-refractivity contribution in [2.24, 2.45) is 0 Å². The van der Waals surface area contributed by atoms with Crippen LogP contribution in [0.5, 0.6) is 5.75 Å². The van der Waals surface area contributed by atoms with E-state index in [0.717, 1.165) is 16.9 Å². The number of carbonyl (C=O) groups excluding carboxylic acids is 1. The number of thioether (sulfide) groups is 1. The zero-order valence-corrected chi connectivity index (χ0v) is 22.9. The van der Waals surface area contributed by atoms with Gasteiger partial charge in [-0.3, -0.25) is 0 Å². The predicted molar refractivity (Wildman–Crippen MR) is 154 cm³/mol. The van der Waals surface area contributed by atoms with Gasteiger partial charge < -0.3 is 14.8 Å². The maximum atomic E-state index is 13.2. The highest BCUT2D eigenvalue weighted by atomic mass is 35.5. The van der Waals surface area contributed by atoms with Crippen molar-refractivity contribution >= 4 is 35.3 Å². The quantitative estimate of drug-likeness (QED) is 0.130. The lowest BCUT2D eigenvalue weighted by molar-refractivity contribution is -0.138. The topological polar surface area (TPSA) is 78.3 Å². The van der Waals surface area contributed by atoms with Gasteiger partial charge in [0.15, 0.2) is 0 Å². The molecule has 0 saturated heterocycles. The summed E-state index contributed by atoms with van der Waals surface area (Å²) in [5.74, 6) is 1.46. The lowest BCUT2D eigenvalue weighted by Crippen LogP contribution is -2.29. The summed E-state index contributed by atoms with van der Waals surface area (Å²) in [5, 5.41) is 9.27. The van der Waals surface area contributed by atoms with Gasteiger partial charge in [0.2, 0.25) is 11.1 Å². The number of fused-ring (bicyclic) bond motifs is 1. The van der Waals surface area contributed by atoms with E-state index in [2.05, 4.69) is 24.0 Å². The second kappa shape index (κ2) is 12.2. The smallest absolute Gasteiger partial charge is 0.338 e. The highest BCUT2D eigenvalue weighted by Crippen LogP contribution is 2.38. The van der Waals surface area contributed by atoms with E-state index in [1.165, 1.54) is 17.3 Å². The van der Waals surface area contributed by atoms with E-state index in [0.29, 0.717) is 39.8 Å². The fourth-order valence-corrected chi connectivity index (χ4v) is 5.23. The number of rotatable bonds is 10. The average molecular weight is 559 g/mol. The summed E-state index contributed by atoms with van der Waals surface area (Å²) in [6, 6.07) is 24.7. The van der Waals surface area contributed by atoms with Gasteiger partial charge in [-0.25, -0.2) is 9.48 Å². The minimum atomic E-state index is -0.569. The molecule has 0 spiro atoms. The van der Waals surface area contributed by atoms with Crippen molar-refractivity contribution in [3.05, 3.63) is 125 Å². The number of esters is 1. The molecule has 0 saturated carbocycles. The van der Waals surface area contributed by atoms with Crippen molar-refractivity contribution in [2.75, 3.05) is 11.9 Å². The molecule has 0 radical (unpaired) electrons. The van der Waals surface area contributed by atoms with Gasteiger partial charge in [-0.15, -0.1) is 5.10 Å². The van der Waals surface area contributed by atoms with Crippen LogP contribution in [-0.4, -0.2) is 27.3 Å². The number of carbonyl (C=O) groups is 1. The summed E-state index contributed by atoms with van der Waals surface area (Å²) in [4.78, 5) is 17.9. The molecule has 1 atom stereocenters. The van der Waals surface area contributed by atoms with Crippen LogP contribution in [0, 0.1) is 0 Å². The Bertz CT molecular complexity index is 1520. The molecule has 7 nitrogen and oxygen atoms in total. The standard InChI is InChI=1S/C30H27ClN4O3S/c1-3-16-37-28(36)26-20(2)32-29-33-30(39-19-21-10-5-4-6-11-21)34-35(29)27(26)22-13-9-14-24(17-22)38-18-23-12-7-8-15-25(23)31/h3-15,17,27H,1,16,18-19H2,2H3,(H,32,33,34). The summed E-state index contributed by atoms with van der Waals surface area (Å²) in [6.45, 7) is 5.91. The molecule has 1 aromatic heterocycles. The molecular weight excluding hydrogens is 532 g/mol. The summed E-state index contributed by atoms with van der Waals surface area (Å²) < 4.78 is 13.3. The monoisotopic (exact) mass is 558 g/mol. The summed E-state index contributed by atoms with van der Waals surface area (Å²) >= 11 is 7.84. The Hall–Kier alpha value is -4.01. The Labute approximate surface area is 236 Å². The number of nitrogens with zero attached hydrogens (tertiary/aromatic N) is 3. The molecule has 1 N–H and O–H groups in total. The number of benzene rings is 3. The van der Waals surface area contributed by atoms with Crippen molar-refractivity contribution in [2.45, 2.75) is 30.5 Å². The van der Waals surface area contributed by atoms with Crippen molar-refractivity contribution in [3.8, 4) is 5.75 Å². The molecule has 1 aliphatic heterocycles. The van der Waals surface area contributed by atoms with Crippen LogP contribution in [0.4, 0.5) is 5.95 Å². The largest absolute Gasteiger partial charge is 0.489 e. The second-order valence-corrected chi connectivity index (χ2v) is 10.2. The Kier molecular flexibility index (Phi) is 8.34. The zero-order valence-electron chi connectivity index (χ0n) is 21.3. The average Bonchev–Trinajstić information content (AvgIpc) is 3.36. The molecule has 198 valence electrons. The lowest BCUT2D eigenvalue weighted by Gasteiger charge is -2.28. The maximum Gasteiger partial charge on any atom is 0.338 e. The lowest BCUT2D eigenvalue weighted by atomic mass is 9.95. The van der Waals surface area contributed by atoms with Gasteiger partial charge in [-0.05, 0) is 36.2 Å². The van der Waals surface area contributed by atoms with Crippen LogP contribution in [-0.2, 0) is 21.9 Å². The highest BCUT2D eigenvalue weighted by molar-refractivity contribution is 7.98. The number of anilines is 1. The first-order valence-electron chi connectivity index (χ1n) is 12.4. The molecule has 5 rings (SSSR count). The molecule has 4 aromatic rings. The molecule has 0 amide bonds. The Morgan fingerprint density at radius 3 is 2.72 bits per heavy atom. The third kappa shape index (κ3) is 6.19. The van der Waals surface area contributed by atoms with Gasteiger partial charge in [0.05, 0.1) is 5.57 Å². The SMILES string of the molecule is C=CCOC(=O)C1=C(C)Nc2nc(SCc3ccccc3)nn2C1c1cccc(OCc2ccccc2Cl)c1. The van der Waals surface area contributed by atoms with Crippen LogP contribution >= 0.6 is 23.4 Å². The van der Waals surface area contributed by atoms with Gasteiger partial charge >= 0.3 is 5.97 Å². The number of allylic oxidation sites excluding steroid dienone is 1. The molecular formula is C30H27ClN4O3S. The van der Waals surface area contributed by atoms with Gasteiger partial charge in [0.25, 0.3) is 0 Å². The Morgan fingerprint density at radius 1 is 1.13 bits per heavy atom. The number of ether oxygens (including phenoxy) is 2. The molecule has 2 heterocycles. The van der Waals surface area contributed by atoms with E-state index in [-0.39, 0.29) is 6.61 Å². The van der Waals surface area contributed by atoms with E-state index in [9.17, 15) is 4.79 Å². The summed E-state index contributed by atoms with van der Waals surface area (Å²) in [6.07, 6.45) is 1.54. The third-order valence-electron chi connectivity index (χ3n) is 6.12. The van der Waals surface area contributed by atoms with Crippen LogP contribution in [0.1, 0.15) is 29.7 Å². The second-order valence-electron chi connectivity index (χ2n) is 8.84. The van der Waals surface area contributed by atoms with Gasteiger partial charge in [-0.2, -0.15) is 4.98 Å². The van der Waals surface area contributed by atoms with Crippen LogP contribution in [0.2, 0.25) is 5.02 Å². The summed E-state index contributed by atoms with van der Waals surface area (Å²) in [7, 11) is 0. The molecule has 1 unspecified atom stereocenters. The highest BCUT2D eigenvalue weighted by Gasteiger charge is 2.35. The predicted octanol–water partition coefficient (Wildman–Crippen LogP) is 6.82. The number of nitrogens with one attached hydrogen (secondary N) is 1. The first-order valence-corrected chi connectivity index (χ1v) is 13.7. The maximum absolute atomic E-state index is 13.2. The van der Waals surface area contributed by atoms with Gasteiger partial charge in [0.1, 0.15) is 25.0 Å². The van der Waals surface area contributed by atoms with Crippen molar-refractivity contribution in [1.82, 2.24) is 14.8 Å². The minimum Gasteiger partial charge on any atom is -0.489 e. The molecule has 9 heteroatoms. The third-order valence-corrected chi connectivity index (χ3v) is 7.40. The molecule has 1 aliphatic rings. The molecule has 0 fully saturated rings. The van der Waals surface area contributed by atoms with Crippen LogP contribution in [0.25, 0.3) is 0 Å². The normalized spacial score (nSPS) is 14.4. The molecule has 39 heavy (non-hydrogen) atoms. The fraction of sp³-hybridized carbons (Fsp3) is 0.167. The van der Waals surface area contributed by atoms with Crippen LogP contribution in [0.15, 0.2) is 108 Å². The molecule has 0 aliphatic carbocycles. The number of aromatic nitrogens is 3. The van der Waals surface area contributed by atoms with E-state index in [1.54, 1.807) is 10.8 Å². The number of hydrogen-bond acceptors (Lipinski definition) is 7. The molecule has 0 bridgehead atoms. The van der Waals surface area contributed by atoms with E-state index in [4.69, 9.17) is 31.2 Å². The zero-order chi connectivity index (χ0) is 27.2.